The first kappa shape index (κ1) is 21.2. The van der Waals surface area contributed by atoms with Crippen molar-refractivity contribution in [3.05, 3.63) is 127 Å². The number of carbonyl (C=O) groups is 1. The first-order chi connectivity index (χ1) is 15.8. The number of nitrogens with zero attached hydrogens (tertiary/aromatic N) is 2. The Labute approximate surface area is 188 Å². The van der Waals surface area contributed by atoms with Gasteiger partial charge in [-0.05, 0) is 34.9 Å². The van der Waals surface area contributed by atoms with E-state index in [1.807, 2.05) is 60.7 Å². The van der Waals surface area contributed by atoms with Gasteiger partial charge in [0.25, 0.3) is 5.91 Å². The number of carbonyl (C=O) groups excluding carboxylic acids is 1. The Morgan fingerprint density at radius 2 is 1.03 bits per heavy atom. The number of hydrogen-bond acceptors (Lipinski definition) is 2. The van der Waals surface area contributed by atoms with E-state index >= 15 is 0 Å². The topological polar surface area (TPSA) is 53.2 Å². The second-order valence-corrected chi connectivity index (χ2v) is 10.5. The van der Waals surface area contributed by atoms with Crippen LogP contribution in [0.3, 0.4) is 0 Å². The van der Waals surface area contributed by atoms with E-state index in [1.54, 1.807) is 24.3 Å². The molecule has 4 heteroatoms. The Kier molecular flexibility index (Phi) is 6.56. The normalized spacial score (nSPS) is 11.1. The van der Waals surface area contributed by atoms with Gasteiger partial charge in [0.2, 0.25) is 0 Å². The van der Waals surface area contributed by atoms with Crippen molar-refractivity contribution in [2.45, 2.75) is 0 Å². The Morgan fingerprint density at radius 1 is 0.656 bits per heavy atom. The number of benzene rings is 4. The highest BCUT2D eigenvalue weighted by molar-refractivity contribution is 7.96. The molecule has 32 heavy (non-hydrogen) atoms. The zero-order valence-corrected chi connectivity index (χ0v) is 18.3. The summed E-state index contributed by atoms with van der Waals surface area (Å²) in [6, 6.07) is 41.4. The molecule has 4 rings (SSSR count). The van der Waals surface area contributed by atoms with Crippen molar-refractivity contribution >= 4 is 40.2 Å². The minimum Gasteiger partial charge on any atom is -0.267 e. The molecule has 0 fully saturated rings. The van der Waals surface area contributed by atoms with Crippen LogP contribution < -0.4 is 15.9 Å². The van der Waals surface area contributed by atoms with Gasteiger partial charge in [-0.25, -0.2) is 4.99 Å². The average molecular weight is 432 g/mol. The lowest BCUT2D eigenvalue weighted by Gasteiger charge is -2.29. The molecule has 0 spiro atoms. The van der Waals surface area contributed by atoms with Gasteiger partial charge in [0.05, 0.1) is 5.29 Å². The fourth-order valence-electron chi connectivity index (χ4n) is 3.78. The molecule has 154 valence electrons. The summed E-state index contributed by atoms with van der Waals surface area (Å²) in [5, 5.41) is 13.9. The molecule has 0 aliphatic rings. The van der Waals surface area contributed by atoms with Crippen molar-refractivity contribution in [1.29, 1.82) is 5.26 Å². The number of amides is 1. The van der Waals surface area contributed by atoms with E-state index in [1.165, 1.54) is 6.21 Å². The monoisotopic (exact) mass is 432 g/mol. The van der Waals surface area contributed by atoms with Crippen molar-refractivity contribution in [2.75, 3.05) is 0 Å². The predicted octanol–water partition coefficient (Wildman–Crippen LogP) is 4.59. The quantitative estimate of drug-likeness (QED) is 0.342. The fraction of sp³-hybridized carbons (Fsp3) is 0. The molecule has 4 aromatic rings. The molecule has 0 aromatic heterocycles. The number of rotatable bonds is 5. The van der Waals surface area contributed by atoms with Gasteiger partial charge in [-0.3, -0.25) is 4.79 Å². The van der Waals surface area contributed by atoms with Crippen LogP contribution in [0.5, 0.6) is 0 Å². The van der Waals surface area contributed by atoms with Crippen LogP contribution in [-0.4, -0.2) is 17.4 Å². The van der Waals surface area contributed by atoms with Crippen LogP contribution in [0.25, 0.3) is 0 Å². The molecule has 0 bridgehead atoms. The molecule has 4 aromatic carbocycles. The lowest BCUT2D eigenvalue weighted by Crippen LogP contribution is -2.30. The van der Waals surface area contributed by atoms with Gasteiger partial charge in [-0.2, -0.15) is 5.26 Å². The minimum atomic E-state index is -2.56. The van der Waals surface area contributed by atoms with Gasteiger partial charge < -0.3 is 0 Å². The third kappa shape index (κ3) is 4.10. The predicted molar refractivity (Wildman–Crippen MR) is 135 cm³/mol. The smallest absolute Gasteiger partial charge is 0.267 e. The molecule has 0 unspecified atom stereocenters. The molecule has 0 N–H and O–H groups in total. The van der Waals surface area contributed by atoms with Crippen LogP contribution in [0, 0.1) is 11.3 Å². The van der Waals surface area contributed by atoms with Crippen LogP contribution in [0.4, 0.5) is 0 Å². The van der Waals surface area contributed by atoms with Crippen LogP contribution in [0.1, 0.15) is 10.4 Å². The maximum absolute atomic E-state index is 12.7. The van der Waals surface area contributed by atoms with Crippen molar-refractivity contribution in [2.24, 2.45) is 4.99 Å². The zero-order chi connectivity index (χ0) is 22.2. The molecule has 0 saturated heterocycles. The van der Waals surface area contributed by atoms with Crippen LogP contribution in [-0.2, 0) is 0 Å². The van der Waals surface area contributed by atoms with Gasteiger partial charge in [-0.15, -0.1) is 0 Å². The van der Waals surface area contributed by atoms with Gasteiger partial charge in [0.1, 0.15) is 6.07 Å². The van der Waals surface area contributed by atoms with E-state index in [9.17, 15) is 10.1 Å². The molecule has 0 aliphatic heterocycles. The molecule has 0 heterocycles. The van der Waals surface area contributed by atoms with E-state index in [-0.39, 0.29) is 5.91 Å². The molecule has 0 atom stereocenters. The molecule has 0 aliphatic carbocycles. The second-order valence-electron chi connectivity index (χ2n) is 7.10. The van der Waals surface area contributed by atoms with Gasteiger partial charge in [0, 0.05) is 11.8 Å². The summed E-state index contributed by atoms with van der Waals surface area (Å²) >= 11 is 0. The number of nitriles is 1. The van der Waals surface area contributed by atoms with Gasteiger partial charge in [0.15, 0.2) is 0 Å². The fourth-order valence-corrected chi connectivity index (χ4v) is 7.75. The molecule has 1 amide bonds. The highest BCUT2D eigenvalue weighted by atomic mass is 31.2. The summed E-state index contributed by atoms with van der Waals surface area (Å²) in [6.45, 7) is -2.56. The van der Waals surface area contributed by atoms with Crippen molar-refractivity contribution in [3.8, 4) is 6.07 Å². The summed E-state index contributed by atoms with van der Waals surface area (Å²) < 4.78 is 0. The highest BCUT2D eigenvalue weighted by Crippen LogP contribution is 2.45. The third-order valence-electron chi connectivity index (χ3n) is 5.23. The van der Waals surface area contributed by atoms with Crippen LogP contribution >= 0.6 is 6.89 Å². The largest absolute Gasteiger partial charge is 0.276 e. The van der Waals surface area contributed by atoms with Gasteiger partial charge in [-0.1, -0.05) is 109 Å². The summed E-state index contributed by atoms with van der Waals surface area (Å²) in [5.41, 5.74) is 0.490. The van der Waals surface area contributed by atoms with Crippen LogP contribution in [0.2, 0.25) is 0 Å². The summed E-state index contributed by atoms with van der Waals surface area (Å²) in [4.78, 5) is 16.9. The van der Waals surface area contributed by atoms with E-state index < -0.39 is 6.89 Å². The third-order valence-corrected chi connectivity index (χ3v) is 9.39. The molecule has 3 nitrogen and oxygen atoms in total. The summed E-state index contributed by atoms with van der Waals surface area (Å²) in [6.07, 6.45) is 1.47. The highest BCUT2D eigenvalue weighted by Gasteiger charge is 2.29. The van der Waals surface area contributed by atoms with E-state index in [4.69, 9.17) is 0 Å². The SMILES string of the molecule is N#CC(C=NC(=O)c1ccccc1)=P(c1ccccc1)(c1ccccc1)c1ccccc1. The number of hydrogen-bond donors (Lipinski definition) is 0. The molecular formula is C28H21N2OP. The van der Waals surface area contributed by atoms with E-state index in [0.717, 1.165) is 15.9 Å². The van der Waals surface area contributed by atoms with Crippen LogP contribution in [0.15, 0.2) is 126 Å². The molecule has 0 saturated carbocycles. The zero-order valence-electron chi connectivity index (χ0n) is 17.4. The maximum atomic E-state index is 12.7. The molecular weight excluding hydrogens is 411 g/mol. The maximum Gasteiger partial charge on any atom is 0.276 e. The van der Waals surface area contributed by atoms with Crippen molar-refractivity contribution < 1.29 is 4.79 Å². The Hall–Kier alpha value is -3.99. The van der Waals surface area contributed by atoms with Crippen molar-refractivity contribution in [3.63, 3.8) is 0 Å². The first-order valence-corrected chi connectivity index (χ1v) is 12.0. The minimum absolute atomic E-state index is 0.370. The second kappa shape index (κ2) is 9.88. The standard InChI is InChI=1S/C28H21N2OP/c29-21-27(22-30-28(31)23-13-5-1-6-14-23)32(24-15-7-2-8-16-24,25-17-9-3-10-18-25)26-19-11-4-12-20-26/h1-20,22H. The van der Waals surface area contributed by atoms with E-state index in [2.05, 4.69) is 47.5 Å². The lowest BCUT2D eigenvalue weighted by atomic mass is 10.2. The summed E-state index contributed by atoms with van der Waals surface area (Å²) in [7, 11) is 0. The van der Waals surface area contributed by atoms with Gasteiger partial charge >= 0.3 is 0 Å². The average Bonchev–Trinajstić information content (AvgIpc) is 2.88. The Morgan fingerprint density at radius 3 is 1.41 bits per heavy atom. The lowest BCUT2D eigenvalue weighted by molar-refractivity contribution is 0.100. The van der Waals surface area contributed by atoms with Crippen molar-refractivity contribution in [1.82, 2.24) is 0 Å². The van der Waals surface area contributed by atoms with E-state index in [0.29, 0.717) is 10.9 Å². The first-order valence-electron chi connectivity index (χ1n) is 10.2. The molecule has 0 radical (unpaired) electrons. The Balaban J connectivity index is 2.06. The Bertz CT molecular complexity index is 1220. The summed E-state index contributed by atoms with van der Waals surface area (Å²) in [5.74, 6) is -0.370. The number of aliphatic imine (C=N–C) groups is 1.